The average molecular weight is 353 g/mol. The Balaban J connectivity index is 1.63. The molecule has 0 radical (unpaired) electrons. The molecule has 2 atom stereocenters. The molecule has 2 aliphatic heterocycles. The molecule has 0 N–H and O–H groups in total. The topological polar surface area (TPSA) is 53.1 Å². The second kappa shape index (κ2) is 6.95. The SMILES string of the molecule is CC1CN(C(=O)CN2CCN(c3ccc(F)c(F)c3)C2=O)CC(C)O1. The van der Waals surface area contributed by atoms with Crippen molar-refractivity contribution < 1.29 is 23.1 Å². The Morgan fingerprint density at radius 1 is 1.16 bits per heavy atom. The molecular weight excluding hydrogens is 332 g/mol. The van der Waals surface area contributed by atoms with Gasteiger partial charge in [0.2, 0.25) is 5.91 Å². The number of amides is 3. The summed E-state index contributed by atoms with van der Waals surface area (Å²) in [5, 5.41) is 0. The number of anilines is 1. The Morgan fingerprint density at radius 2 is 1.84 bits per heavy atom. The van der Waals surface area contributed by atoms with Gasteiger partial charge >= 0.3 is 6.03 Å². The molecule has 2 heterocycles. The van der Waals surface area contributed by atoms with Crippen LogP contribution >= 0.6 is 0 Å². The number of hydrogen-bond acceptors (Lipinski definition) is 3. The lowest BCUT2D eigenvalue weighted by molar-refractivity contribution is -0.143. The van der Waals surface area contributed by atoms with Gasteiger partial charge in [0.15, 0.2) is 11.6 Å². The number of carbonyl (C=O) groups is 2. The number of morpholine rings is 1. The van der Waals surface area contributed by atoms with Crippen LogP contribution in [-0.4, -0.2) is 66.7 Å². The maximum atomic E-state index is 13.4. The van der Waals surface area contributed by atoms with E-state index in [-0.39, 0.29) is 36.4 Å². The highest BCUT2D eigenvalue weighted by atomic mass is 19.2. The van der Waals surface area contributed by atoms with Crippen molar-refractivity contribution in [3.63, 3.8) is 0 Å². The van der Waals surface area contributed by atoms with Crippen molar-refractivity contribution >= 4 is 17.6 Å². The first kappa shape index (κ1) is 17.6. The summed E-state index contributed by atoms with van der Waals surface area (Å²) < 4.78 is 32.0. The molecule has 25 heavy (non-hydrogen) atoms. The number of benzene rings is 1. The second-order valence-corrected chi connectivity index (χ2v) is 6.51. The van der Waals surface area contributed by atoms with Gasteiger partial charge in [-0.15, -0.1) is 0 Å². The van der Waals surface area contributed by atoms with E-state index in [1.54, 1.807) is 4.90 Å². The number of hydrogen-bond donors (Lipinski definition) is 0. The van der Waals surface area contributed by atoms with Gasteiger partial charge in [0.1, 0.15) is 6.54 Å². The van der Waals surface area contributed by atoms with Crippen LogP contribution in [0.3, 0.4) is 0 Å². The van der Waals surface area contributed by atoms with Gasteiger partial charge in [0.05, 0.1) is 12.2 Å². The maximum Gasteiger partial charge on any atom is 0.325 e. The summed E-state index contributed by atoms with van der Waals surface area (Å²) in [5.74, 6) is -2.10. The molecule has 0 aliphatic carbocycles. The van der Waals surface area contributed by atoms with Crippen LogP contribution in [0.15, 0.2) is 18.2 Å². The first-order valence-corrected chi connectivity index (χ1v) is 8.30. The fourth-order valence-electron chi connectivity index (χ4n) is 3.27. The normalized spacial score (nSPS) is 24.2. The van der Waals surface area contributed by atoms with Crippen LogP contribution in [0, 0.1) is 11.6 Å². The van der Waals surface area contributed by atoms with Gasteiger partial charge in [-0.25, -0.2) is 13.6 Å². The highest BCUT2D eigenvalue weighted by molar-refractivity contribution is 5.96. The van der Waals surface area contributed by atoms with Crippen molar-refractivity contribution in [2.75, 3.05) is 37.6 Å². The minimum atomic E-state index is -1.00. The molecule has 6 nitrogen and oxygen atoms in total. The number of halogens is 2. The Hall–Kier alpha value is -2.22. The molecule has 8 heteroatoms. The monoisotopic (exact) mass is 353 g/mol. The molecule has 0 spiro atoms. The van der Waals surface area contributed by atoms with E-state index in [1.165, 1.54) is 15.9 Å². The van der Waals surface area contributed by atoms with E-state index in [1.807, 2.05) is 13.8 Å². The third kappa shape index (κ3) is 3.73. The van der Waals surface area contributed by atoms with Crippen molar-refractivity contribution in [3.05, 3.63) is 29.8 Å². The lowest BCUT2D eigenvalue weighted by Crippen LogP contribution is -2.51. The largest absolute Gasteiger partial charge is 0.372 e. The van der Waals surface area contributed by atoms with Gasteiger partial charge in [-0.05, 0) is 26.0 Å². The molecule has 2 aliphatic rings. The second-order valence-electron chi connectivity index (χ2n) is 6.51. The van der Waals surface area contributed by atoms with Gasteiger partial charge in [-0.2, -0.15) is 0 Å². The van der Waals surface area contributed by atoms with Gasteiger partial charge in [-0.3, -0.25) is 9.69 Å². The summed E-state index contributed by atoms with van der Waals surface area (Å²) in [7, 11) is 0. The van der Waals surface area contributed by atoms with E-state index in [0.717, 1.165) is 12.1 Å². The molecule has 1 aromatic rings. The molecule has 3 amide bonds. The molecule has 0 aromatic heterocycles. The molecular formula is C17H21F2N3O3. The lowest BCUT2D eigenvalue weighted by atomic mass is 10.2. The smallest absolute Gasteiger partial charge is 0.325 e. The van der Waals surface area contributed by atoms with Crippen LogP contribution in [0.4, 0.5) is 19.3 Å². The fourth-order valence-corrected chi connectivity index (χ4v) is 3.27. The van der Waals surface area contributed by atoms with Crippen LogP contribution in [0.2, 0.25) is 0 Å². The van der Waals surface area contributed by atoms with Crippen molar-refractivity contribution in [2.24, 2.45) is 0 Å². The van der Waals surface area contributed by atoms with Crippen LogP contribution in [0.25, 0.3) is 0 Å². The van der Waals surface area contributed by atoms with Crippen molar-refractivity contribution in [3.8, 4) is 0 Å². The molecule has 2 unspecified atom stereocenters. The lowest BCUT2D eigenvalue weighted by Gasteiger charge is -2.36. The van der Waals surface area contributed by atoms with Gasteiger partial charge in [0, 0.05) is 37.9 Å². The maximum absolute atomic E-state index is 13.4. The highest BCUT2D eigenvalue weighted by Gasteiger charge is 2.33. The van der Waals surface area contributed by atoms with E-state index >= 15 is 0 Å². The van der Waals surface area contributed by atoms with Gasteiger partial charge < -0.3 is 14.5 Å². The summed E-state index contributed by atoms with van der Waals surface area (Å²) in [6.07, 6.45) is -0.0821. The summed E-state index contributed by atoms with van der Waals surface area (Å²) in [6, 6.07) is 2.95. The van der Waals surface area contributed by atoms with Crippen molar-refractivity contribution in [1.29, 1.82) is 0 Å². The van der Waals surface area contributed by atoms with E-state index in [4.69, 9.17) is 4.74 Å². The Labute approximate surface area is 144 Å². The van der Waals surface area contributed by atoms with Crippen molar-refractivity contribution in [1.82, 2.24) is 9.80 Å². The van der Waals surface area contributed by atoms with Crippen LogP contribution < -0.4 is 4.90 Å². The number of nitrogens with zero attached hydrogens (tertiary/aromatic N) is 3. The summed E-state index contributed by atoms with van der Waals surface area (Å²) in [6.45, 7) is 5.46. The predicted octanol–water partition coefficient (Wildman–Crippen LogP) is 1.84. The van der Waals surface area contributed by atoms with Crippen molar-refractivity contribution in [2.45, 2.75) is 26.1 Å². The quantitative estimate of drug-likeness (QED) is 0.833. The van der Waals surface area contributed by atoms with E-state index in [0.29, 0.717) is 26.2 Å². The number of carbonyl (C=O) groups excluding carboxylic acids is 2. The zero-order valence-electron chi connectivity index (χ0n) is 14.2. The Morgan fingerprint density at radius 3 is 2.48 bits per heavy atom. The van der Waals surface area contributed by atoms with Gasteiger partial charge in [0.25, 0.3) is 0 Å². The third-order valence-electron chi connectivity index (χ3n) is 4.41. The summed E-state index contributed by atoms with van der Waals surface area (Å²) in [4.78, 5) is 29.4. The predicted molar refractivity (Wildman–Crippen MR) is 87.3 cm³/mol. The first-order chi connectivity index (χ1) is 11.8. The molecule has 1 aromatic carbocycles. The van der Waals surface area contributed by atoms with Crippen LogP contribution in [0.5, 0.6) is 0 Å². The van der Waals surface area contributed by atoms with E-state index in [2.05, 4.69) is 0 Å². The number of rotatable bonds is 3. The summed E-state index contributed by atoms with van der Waals surface area (Å²) in [5.41, 5.74) is 0.285. The fraction of sp³-hybridized carbons (Fsp3) is 0.529. The summed E-state index contributed by atoms with van der Waals surface area (Å²) >= 11 is 0. The Bertz CT molecular complexity index is 675. The molecule has 3 rings (SSSR count). The third-order valence-corrected chi connectivity index (χ3v) is 4.41. The molecule has 0 saturated carbocycles. The first-order valence-electron chi connectivity index (χ1n) is 8.30. The van der Waals surface area contributed by atoms with E-state index < -0.39 is 11.6 Å². The van der Waals surface area contributed by atoms with Crippen LogP contribution in [-0.2, 0) is 9.53 Å². The number of urea groups is 1. The van der Waals surface area contributed by atoms with E-state index in [9.17, 15) is 18.4 Å². The standard InChI is InChI=1S/C17H21F2N3O3/c1-11-8-21(9-12(2)25-11)16(23)10-20-5-6-22(17(20)24)13-3-4-14(18)15(19)7-13/h3-4,7,11-12H,5-6,8-10H2,1-2H3. The van der Waals surface area contributed by atoms with Crippen LogP contribution in [0.1, 0.15) is 13.8 Å². The average Bonchev–Trinajstić information content (AvgIpc) is 2.90. The molecule has 0 bridgehead atoms. The van der Waals surface area contributed by atoms with Gasteiger partial charge in [-0.1, -0.05) is 0 Å². The molecule has 2 saturated heterocycles. The molecule has 2 fully saturated rings. The number of ether oxygens (including phenoxy) is 1. The molecule has 136 valence electrons. The minimum Gasteiger partial charge on any atom is -0.372 e. The zero-order valence-corrected chi connectivity index (χ0v) is 14.2. The zero-order chi connectivity index (χ0) is 18.1. The minimum absolute atomic E-state index is 0.0293. The Kier molecular flexibility index (Phi) is 4.89. The highest BCUT2D eigenvalue weighted by Crippen LogP contribution is 2.22.